The third-order valence-corrected chi connectivity index (χ3v) is 7.00. The zero-order chi connectivity index (χ0) is 26.9. The Balaban J connectivity index is 1.58. The molecular weight excluding hydrogens is 474 g/mol. The van der Waals surface area contributed by atoms with Gasteiger partial charge in [0.1, 0.15) is 24.2 Å². The van der Waals surface area contributed by atoms with Crippen molar-refractivity contribution < 1.29 is 19.4 Å². The minimum absolute atomic E-state index is 0.0639. The number of allylic oxidation sites excluding steroid dienone is 1. The molecule has 0 spiro atoms. The van der Waals surface area contributed by atoms with E-state index in [2.05, 4.69) is 62.1 Å². The van der Waals surface area contributed by atoms with Crippen molar-refractivity contribution in [3.8, 4) is 11.5 Å². The van der Waals surface area contributed by atoms with Crippen molar-refractivity contribution in [2.24, 2.45) is 5.92 Å². The quantitative estimate of drug-likeness (QED) is 0.162. The Morgan fingerprint density at radius 2 is 1.42 bits per heavy atom. The summed E-state index contributed by atoms with van der Waals surface area (Å²) in [6.45, 7) is 9.02. The molecule has 0 saturated heterocycles. The maximum absolute atomic E-state index is 12.1. The minimum atomic E-state index is -0.540. The highest BCUT2D eigenvalue weighted by Gasteiger charge is 2.31. The number of rotatable bonds is 13. The molecule has 5 heteroatoms. The summed E-state index contributed by atoms with van der Waals surface area (Å²) in [6, 6.07) is 26.3. The van der Waals surface area contributed by atoms with Gasteiger partial charge in [-0.1, -0.05) is 75.4 Å². The summed E-state index contributed by atoms with van der Waals surface area (Å²) in [6.07, 6.45) is 2.17. The average molecular weight is 514 g/mol. The Morgan fingerprint density at radius 1 is 0.842 bits per heavy atom. The predicted octanol–water partition coefficient (Wildman–Crippen LogP) is 6.45. The van der Waals surface area contributed by atoms with Crippen LogP contribution >= 0.6 is 0 Å². The second-order valence-corrected chi connectivity index (χ2v) is 9.77. The number of hydrogen-bond acceptors (Lipinski definition) is 5. The zero-order valence-corrected chi connectivity index (χ0v) is 22.7. The highest BCUT2D eigenvalue weighted by atomic mass is 16.5. The first kappa shape index (κ1) is 27.6. The van der Waals surface area contributed by atoms with Gasteiger partial charge in [-0.25, -0.2) is 0 Å². The molecule has 3 aromatic rings. The zero-order valence-electron chi connectivity index (χ0n) is 22.7. The van der Waals surface area contributed by atoms with E-state index >= 15 is 0 Å². The fourth-order valence-corrected chi connectivity index (χ4v) is 4.63. The van der Waals surface area contributed by atoms with Gasteiger partial charge in [-0.05, 0) is 84.5 Å². The molecule has 1 atom stereocenters. The van der Waals surface area contributed by atoms with Gasteiger partial charge in [-0.15, -0.1) is 0 Å². The summed E-state index contributed by atoms with van der Waals surface area (Å²) in [5.74, 6) is 1.24. The van der Waals surface area contributed by atoms with Crippen LogP contribution in [0.2, 0.25) is 0 Å². The van der Waals surface area contributed by atoms with E-state index in [-0.39, 0.29) is 18.5 Å². The molecule has 0 bridgehead atoms. The molecule has 4 rings (SSSR count). The van der Waals surface area contributed by atoms with E-state index in [4.69, 9.17) is 9.47 Å². The van der Waals surface area contributed by atoms with E-state index in [0.29, 0.717) is 12.3 Å². The summed E-state index contributed by atoms with van der Waals surface area (Å²) in [5, 5.41) is 10.4. The Labute approximate surface area is 226 Å². The summed E-state index contributed by atoms with van der Waals surface area (Å²) in [4.78, 5) is 14.3. The maximum atomic E-state index is 12.1. The molecule has 5 nitrogen and oxygen atoms in total. The summed E-state index contributed by atoms with van der Waals surface area (Å²) in [5.41, 5.74) is 5.67. The van der Waals surface area contributed by atoms with Gasteiger partial charge in [-0.2, -0.15) is 0 Å². The number of ether oxygens (including phenoxy) is 2. The van der Waals surface area contributed by atoms with Gasteiger partial charge >= 0.3 is 5.97 Å². The molecule has 1 N–H and O–H groups in total. The second kappa shape index (κ2) is 13.4. The molecular formula is C33H39NO4. The van der Waals surface area contributed by atoms with Crippen LogP contribution in [0.4, 0.5) is 0 Å². The SMILES string of the molecule is CC/C(=C(/c1ccc(OCC(O)CN(CC)CC)cc1)c1ccc(OC(=O)C2CC2)cc1)c1ccccc1. The van der Waals surface area contributed by atoms with Gasteiger partial charge in [0.25, 0.3) is 0 Å². The van der Waals surface area contributed by atoms with Crippen LogP contribution in [0.3, 0.4) is 0 Å². The highest BCUT2D eigenvalue weighted by Crippen LogP contribution is 2.36. The first-order valence-electron chi connectivity index (χ1n) is 13.8. The van der Waals surface area contributed by atoms with E-state index in [1.165, 1.54) is 11.1 Å². The molecule has 200 valence electrons. The molecule has 0 heterocycles. The predicted molar refractivity (Wildman–Crippen MR) is 153 cm³/mol. The second-order valence-electron chi connectivity index (χ2n) is 9.77. The van der Waals surface area contributed by atoms with Crippen molar-refractivity contribution in [2.75, 3.05) is 26.2 Å². The fourth-order valence-electron chi connectivity index (χ4n) is 4.63. The smallest absolute Gasteiger partial charge is 0.314 e. The molecule has 0 radical (unpaired) electrons. The number of esters is 1. The molecule has 3 aromatic carbocycles. The lowest BCUT2D eigenvalue weighted by Gasteiger charge is -2.22. The Kier molecular flexibility index (Phi) is 9.74. The molecule has 0 aliphatic heterocycles. The van der Waals surface area contributed by atoms with Crippen LogP contribution in [0.25, 0.3) is 11.1 Å². The van der Waals surface area contributed by atoms with Crippen molar-refractivity contribution >= 4 is 17.1 Å². The van der Waals surface area contributed by atoms with Crippen LogP contribution in [0.15, 0.2) is 78.9 Å². The average Bonchev–Trinajstić information content (AvgIpc) is 3.81. The number of carbonyl (C=O) groups is 1. The lowest BCUT2D eigenvalue weighted by Crippen LogP contribution is -2.35. The topological polar surface area (TPSA) is 59.0 Å². The van der Waals surface area contributed by atoms with Crippen LogP contribution < -0.4 is 9.47 Å². The number of likely N-dealkylation sites (N-methyl/N-ethyl adjacent to an activating group) is 1. The summed E-state index contributed by atoms with van der Waals surface area (Å²) in [7, 11) is 0. The van der Waals surface area contributed by atoms with E-state index in [9.17, 15) is 9.90 Å². The number of carbonyl (C=O) groups excluding carboxylic acids is 1. The number of benzene rings is 3. The van der Waals surface area contributed by atoms with Crippen LogP contribution in [0, 0.1) is 5.92 Å². The lowest BCUT2D eigenvalue weighted by atomic mass is 9.88. The third-order valence-electron chi connectivity index (χ3n) is 7.00. The Bertz CT molecular complexity index is 1190. The number of aliphatic hydroxyl groups is 1. The Morgan fingerprint density at radius 3 is 1.95 bits per heavy atom. The van der Waals surface area contributed by atoms with Gasteiger partial charge in [0.05, 0.1) is 5.92 Å². The van der Waals surface area contributed by atoms with Crippen molar-refractivity contribution in [3.63, 3.8) is 0 Å². The van der Waals surface area contributed by atoms with Crippen LogP contribution in [0.1, 0.15) is 56.7 Å². The first-order chi connectivity index (χ1) is 18.5. The minimum Gasteiger partial charge on any atom is -0.491 e. The van der Waals surface area contributed by atoms with E-state index in [0.717, 1.165) is 54.8 Å². The van der Waals surface area contributed by atoms with Crippen molar-refractivity contribution in [3.05, 3.63) is 95.6 Å². The standard InChI is InChI=1S/C33H39NO4/c1-4-31(24-10-8-7-9-11-24)32(26-16-20-30(21-17-26)38-33(36)27-12-13-27)25-14-18-29(19-15-25)37-23-28(35)22-34(5-2)6-3/h7-11,14-21,27-28,35H,4-6,12-13,22-23H2,1-3H3/b32-31+. The van der Waals surface area contributed by atoms with Gasteiger partial charge < -0.3 is 19.5 Å². The van der Waals surface area contributed by atoms with Crippen molar-refractivity contribution in [1.29, 1.82) is 0 Å². The molecule has 1 saturated carbocycles. The molecule has 0 aromatic heterocycles. The molecule has 1 fully saturated rings. The summed E-state index contributed by atoms with van der Waals surface area (Å²) >= 11 is 0. The largest absolute Gasteiger partial charge is 0.491 e. The van der Waals surface area contributed by atoms with Gasteiger partial charge in [-0.3, -0.25) is 4.79 Å². The fraction of sp³-hybridized carbons (Fsp3) is 0.364. The van der Waals surface area contributed by atoms with Crippen LogP contribution in [-0.4, -0.2) is 48.3 Å². The number of nitrogens with zero attached hydrogens (tertiary/aromatic N) is 1. The molecule has 1 aliphatic rings. The van der Waals surface area contributed by atoms with Gasteiger partial charge in [0.15, 0.2) is 0 Å². The molecule has 1 unspecified atom stereocenters. The van der Waals surface area contributed by atoms with Crippen LogP contribution in [-0.2, 0) is 4.79 Å². The monoisotopic (exact) mass is 513 g/mol. The van der Waals surface area contributed by atoms with Crippen molar-refractivity contribution in [2.45, 2.75) is 46.1 Å². The maximum Gasteiger partial charge on any atom is 0.314 e. The Hall–Kier alpha value is -3.41. The van der Waals surface area contributed by atoms with Crippen LogP contribution in [0.5, 0.6) is 11.5 Å². The lowest BCUT2D eigenvalue weighted by molar-refractivity contribution is -0.135. The normalized spacial score (nSPS) is 14.7. The molecule has 1 aliphatic carbocycles. The van der Waals surface area contributed by atoms with E-state index in [1.807, 2.05) is 42.5 Å². The van der Waals surface area contributed by atoms with E-state index in [1.54, 1.807) is 0 Å². The third kappa shape index (κ3) is 7.33. The summed E-state index contributed by atoms with van der Waals surface area (Å²) < 4.78 is 11.5. The molecule has 38 heavy (non-hydrogen) atoms. The van der Waals surface area contributed by atoms with Gasteiger partial charge in [0, 0.05) is 6.54 Å². The number of hydrogen-bond donors (Lipinski definition) is 1. The molecule has 0 amide bonds. The number of aliphatic hydroxyl groups excluding tert-OH is 1. The van der Waals surface area contributed by atoms with E-state index < -0.39 is 6.10 Å². The highest BCUT2D eigenvalue weighted by molar-refractivity contribution is 5.98. The van der Waals surface area contributed by atoms with Crippen molar-refractivity contribution in [1.82, 2.24) is 4.90 Å². The van der Waals surface area contributed by atoms with Gasteiger partial charge in [0.2, 0.25) is 0 Å². The first-order valence-corrected chi connectivity index (χ1v) is 13.8.